The van der Waals surface area contributed by atoms with Gasteiger partial charge in [0.1, 0.15) is 23.0 Å². The summed E-state index contributed by atoms with van der Waals surface area (Å²) in [6, 6.07) is 18.5. The van der Waals surface area contributed by atoms with Crippen LogP contribution in [0, 0.1) is 25.7 Å². The molecule has 4 amide bonds. The van der Waals surface area contributed by atoms with E-state index in [1.807, 2.05) is 79.3 Å². The van der Waals surface area contributed by atoms with E-state index in [9.17, 15) is 35.9 Å². The lowest BCUT2D eigenvalue weighted by Gasteiger charge is -2.28. The number of carbonyl (C=O) groups excluding carboxylic acids is 2. The molecule has 18 nitrogen and oxygen atoms in total. The van der Waals surface area contributed by atoms with Gasteiger partial charge in [0, 0.05) is 89.8 Å². The van der Waals surface area contributed by atoms with Crippen LogP contribution in [0.2, 0.25) is 19.6 Å². The average Bonchev–Trinajstić information content (AvgIpc) is 4.29. The molecule has 0 radical (unpaired) electrons. The average molecular weight is 1130 g/mol. The van der Waals surface area contributed by atoms with Crippen molar-refractivity contribution in [2.45, 2.75) is 77.7 Å². The van der Waals surface area contributed by atoms with Crippen LogP contribution in [0.15, 0.2) is 73.1 Å². The number of benzene rings is 2. The van der Waals surface area contributed by atoms with Crippen molar-refractivity contribution in [2.24, 2.45) is 18.9 Å². The van der Waals surface area contributed by atoms with Crippen molar-refractivity contribution in [3.8, 4) is 45.0 Å². The standard InChI is InChI=1S/C29H38F3N7O2Si.C26H30F3N7O2/c1-20-5-6-23(33-28(40)38-8-7-21(17-38)16-29(30,31)32)15-24(20)22-13-25(26-18-39(36-35-26)19-42(2,3)4)34-27(14-22)37-9-11-41-12-10-37;1-17-3-4-20(30-25(37)36-6-5-18(15-36)14-26(27,28)29)13-21(17)19-11-22(23-16-34(2)33-32-23)31-24(12-19)35-7-9-38-10-8-35/h5-6,13-15,18,21H,7-12,16-17,19H2,1-4H3,(H,33,40);3-4,11-13,16,18H,5-10,14-15H2,1-2H3,(H,30,37)/t21-;18-/m00/s1. The Balaban J connectivity index is 0.000000195. The molecule has 0 aliphatic carbocycles. The SMILES string of the molecule is Cc1ccc(NC(=O)N2CC[C@@H](CC(F)(F)F)C2)cc1-c1cc(-c2cn(C)nn2)nc(N2CCOCC2)c1.Cc1ccc(NC(=O)N2CC[C@@H](CC(F)(F)F)C2)cc1-c1cc(-c2cn(C[Si](C)(C)C)nn2)nc(N2CCOCC2)c1. The summed E-state index contributed by atoms with van der Waals surface area (Å²) in [7, 11) is 0.388. The number of aromatic nitrogens is 8. The molecule has 25 heteroatoms. The third kappa shape index (κ3) is 15.4. The Bertz CT molecular complexity index is 3130. The number of rotatable bonds is 12. The van der Waals surface area contributed by atoms with Crippen LogP contribution in [-0.4, -0.2) is 161 Å². The Morgan fingerprint density at radius 3 is 1.45 bits per heavy atom. The monoisotopic (exact) mass is 1130 g/mol. The fourth-order valence-electron chi connectivity index (χ4n) is 10.4. The molecule has 4 aromatic heterocycles. The summed E-state index contributed by atoms with van der Waals surface area (Å²) in [5.41, 5.74) is 9.51. The van der Waals surface area contributed by atoms with Gasteiger partial charge in [-0.15, -0.1) is 10.2 Å². The zero-order valence-electron chi connectivity index (χ0n) is 45.9. The molecule has 0 bridgehead atoms. The molecule has 6 aromatic rings. The van der Waals surface area contributed by atoms with Gasteiger partial charge >= 0.3 is 24.4 Å². The summed E-state index contributed by atoms with van der Waals surface area (Å²) in [6.07, 6.45) is -4.89. The van der Waals surface area contributed by atoms with Crippen molar-refractivity contribution >= 4 is 43.1 Å². The summed E-state index contributed by atoms with van der Waals surface area (Å²) in [5, 5.41) is 22.8. The molecular weight excluding hydrogens is 1060 g/mol. The normalized spacial score (nSPS) is 18.1. The predicted octanol–water partition coefficient (Wildman–Crippen LogP) is 10.3. The van der Waals surface area contributed by atoms with Crippen LogP contribution in [0.4, 0.5) is 58.9 Å². The molecule has 80 heavy (non-hydrogen) atoms. The van der Waals surface area contributed by atoms with Gasteiger partial charge in [-0.05, 0) is 120 Å². The molecule has 4 fully saturated rings. The maximum Gasteiger partial charge on any atom is 0.389 e. The van der Waals surface area contributed by atoms with Crippen molar-refractivity contribution in [3.63, 3.8) is 0 Å². The van der Waals surface area contributed by atoms with Crippen LogP contribution in [-0.2, 0) is 22.7 Å². The number of halogens is 6. The highest BCUT2D eigenvalue weighted by Gasteiger charge is 2.38. The van der Waals surface area contributed by atoms with Crippen molar-refractivity contribution in [1.29, 1.82) is 0 Å². The minimum absolute atomic E-state index is 0.0960. The first-order chi connectivity index (χ1) is 38.0. The third-order valence-electron chi connectivity index (χ3n) is 14.4. The van der Waals surface area contributed by atoms with Gasteiger partial charge in [-0.1, -0.05) is 42.2 Å². The molecule has 0 saturated carbocycles. The summed E-state index contributed by atoms with van der Waals surface area (Å²) in [6.45, 7) is 17.0. The van der Waals surface area contributed by atoms with E-state index in [0.29, 0.717) is 86.5 Å². The van der Waals surface area contributed by atoms with Crippen molar-refractivity contribution in [3.05, 3.63) is 84.2 Å². The highest BCUT2D eigenvalue weighted by molar-refractivity contribution is 6.74. The van der Waals surface area contributed by atoms with Crippen molar-refractivity contribution < 1.29 is 45.4 Å². The minimum Gasteiger partial charge on any atom is -0.378 e. The quantitative estimate of drug-likeness (QED) is 0.0877. The number of carbonyl (C=O) groups is 2. The van der Waals surface area contributed by atoms with Crippen molar-refractivity contribution in [2.75, 3.05) is 99.2 Å². The highest BCUT2D eigenvalue weighted by atomic mass is 28.3. The first kappa shape index (κ1) is 57.6. The van der Waals surface area contributed by atoms with Gasteiger partial charge in [-0.3, -0.25) is 9.36 Å². The summed E-state index contributed by atoms with van der Waals surface area (Å²) < 4.78 is 91.4. The van der Waals surface area contributed by atoms with Gasteiger partial charge in [-0.25, -0.2) is 19.6 Å². The number of hydrogen-bond acceptors (Lipinski definition) is 12. The first-order valence-electron chi connectivity index (χ1n) is 26.9. The van der Waals surface area contributed by atoms with Crippen LogP contribution < -0.4 is 20.4 Å². The minimum atomic E-state index is -4.23. The number of amides is 4. The fourth-order valence-corrected chi connectivity index (χ4v) is 11.5. The number of alkyl halides is 6. The number of pyridine rings is 2. The summed E-state index contributed by atoms with van der Waals surface area (Å²) in [5.74, 6) is 0.478. The lowest BCUT2D eigenvalue weighted by atomic mass is 9.99. The largest absolute Gasteiger partial charge is 0.389 e. The number of likely N-dealkylation sites (tertiary alicyclic amines) is 2. The Kier molecular flexibility index (Phi) is 17.5. The molecule has 2 N–H and O–H groups in total. The molecule has 4 saturated heterocycles. The lowest BCUT2D eigenvalue weighted by Crippen LogP contribution is -2.36. The number of ether oxygens (including phenoxy) is 2. The Morgan fingerprint density at radius 1 is 0.600 bits per heavy atom. The van der Waals surface area contributed by atoms with Gasteiger partial charge < -0.3 is 39.7 Å². The van der Waals surface area contributed by atoms with E-state index in [2.05, 4.69) is 60.7 Å². The number of urea groups is 2. The van der Waals surface area contributed by atoms with Crippen LogP contribution >= 0.6 is 0 Å². The summed E-state index contributed by atoms with van der Waals surface area (Å²) in [4.78, 5) is 42.9. The van der Waals surface area contributed by atoms with E-state index >= 15 is 0 Å². The number of nitrogens with zero attached hydrogens (tertiary/aromatic N) is 12. The van der Waals surface area contributed by atoms with E-state index < -0.39 is 57.2 Å². The van der Waals surface area contributed by atoms with Gasteiger partial charge in [0.2, 0.25) is 0 Å². The number of aryl methyl sites for hydroxylation is 3. The number of anilines is 4. The lowest BCUT2D eigenvalue weighted by molar-refractivity contribution is -0.144. The Labute approximate surface area is 461 Å². The smallest absolute Gasteiger partial charge is 0.378 e. The van der Waals surface area contributed by atoms with E-state index in [-0.39, 0.29) is 13.1 Å². The zero-order chi connectivity index (χ0) is 56.9. The molecule has 4 aliphatic rings. The third-order valence-corrected chi connectivity index (χ3v) is 15.7. The second-order valence-corrected chi connectivity index (χ2v) is 27.7. The number of hydrogen-bond donors (Lipinski definition) is 2. The predicted molar refractivity (Wildman–Crippen MR) is 296 cm³/mol. The number of morpholine rings is 2. The fraction of sp³-hybridized carbons (Fsp3) is 0.491. The first-order valence-corrected chi connectivity index (χ1v) is 30.6. The molecule has 0 spiro atoms. The Hall–Kier alpha value is -7.12. The second kappa shape index (κ2) is 24.3. The van der Waals surface area contributed by atoms with E-state index in [1.54, 1.807) is 24.0 Å². The molecule has 428 valence electrons. The number of nitrogens with one attached hydrogen (secondary N) is 2. The van der Waals surface area contributed by atoms with Gasteiger partial charge in [0.05, 0.1) is 58.3 Å². The summed E-state index contributed by atoms with van der Waals surface area (Å²) >= 11 is 0. The van der Waals surface area contributed by atoms with Gasteiger partial charge in [0.25, 0.3) is 0 Å². The topological polar surface area (TPSA) is 177 Å². The molecule has 2 atom stereocenters. The van der Waals surface area contributed by atoms with Crippen molar-refractivity contribution in [1.82, 2.24) is 49.8 Å². The van der Waals surface area contributed by atoms with E-state index in [4.69, 9.17) is 19.4 Å². The molecular formula is C55H68F6N14O4Si. The second-order valence-electron chi connectivity index (χ2n) is 22.3. The highest BCUT2D eigenvalue weighted by Crippen LogP contribution is 2.37. The van der Waals surface area contributed by atoms with E-state index in [1.165, 1.54) is 9.80 Å². The molecule has 0 unspecified atom stereocenters. The molecule has 10 rings (SSSR count). The Morgan fingerprint density at radius 2 is 1.04 bits per heavy atom. The van der Waals surface area contributed by atoms with Crippen LogP contribution in [0.1, 0.15) is 36.8 Å². The zero-order valence-corrected chi connectivity index (χ0v) is 46.9. The van der Waals surface area contributed by atoms with Gasteiger partial charge in [0.15, 0.2) is 0 Å². The maximum absolute atomic E-state index is 13.0. The molecule has 8 heterocycles. The van der Waals surface area contributed by atoms with Crippen LogP contribution in [0.25, 0.3) is 45.0 Å². The van der Waals surface area contributed by atoms with Crippen LogP contribution in [0.5, 0.6) is 0 Å². The van der Waals surface area contributed by atoms with Crippen LogP contribution in [0.3, 0.4) is 0 Å². The van der Waals surface area contributed by atoms with Gasteiger partial charge in [-0.2, -0.15) is 26.3 Å². The van der Waals surface area contributed by atoms with E-state index in [0.717, 1.165) is 77.4 Å². The molecule has 4 aliphatic heterocycles. The molecule has 2 aromatic carbocycles. The maximum atomic E-state index is 13.0.